The van der Waals surface area contributed by atoms with Crippen molar-refractivity contribution in [1.82, 2.24) is 14.9 Å². The highest BCUT2D eigenvalue weighted by molar-refractivity contribution is 5.95. The van der Waals surface area contributed by atoms with E-state index < -0.39 is 11.4 Å². The number of nitrogens with zero attached hydrogens (tertiary/aromatic N) is 3. The molecule has 2 aromatic rings. The smallest absolute Gasteiger partial charge is 0.336 e. The largest absolute Gasteiger partial charge is 0.478 e. The van der Waals surface area contributed by atoms with Gasteiger partial charge in [-0.25, -0.2) is 14.8 Å². The Hall–Kier alpha value is -2.76. The molecule has 6 heteroatoms. The summed E-state index contributed by atoms with van der Waals surface area (Å²) in [6.45, 7) is 8.94. The van der Waals surface area contributed by atoms with Gasteiger partial charge in [-0.3, -0.25) is 4.79 Å². The maximum absolute atomic E-state index is 12.5. The van der Waals surface area contributed by atoms with Crippen molar-refractivity contribution >= 4 is 11.9 Å². The van der Waals surface area contributed by atoms with Crippen LogP contribution in [0.2, 0.25) is 0 Å². The van der Waals surface area contributed by atoms with Gasteiger partial charge in [0, 0.05) is 35.7 Å². The zero-order chi connectivity index (χ0) is 19.8. The topological polar surface area (TPSA) is 83.4 Å². The van der Waals surface area contributed by atoms with Crippen molar-refractivity contribution in [2.75, 3.05) is 13.1 Å². The highest BCUT2D eigenvalue weighted by atomic mass is 16.4. The lowest BCUT2D eigenvalue weighted by atomic mass is 9.95. The first-order valence-electron chi connectivity index (χ1n) is 9.14. The molecule has 1 N–H and O–H groups in total. The first kappa shape index (κ1) is 19.0. The SMILES string of the molecule is Cc1nc(-c2ccccc2C(=O)O)cc([C@@H]2CCN(C(=O)C(C)(C)C)C2)n1. The van der Waals surface area contributed by atoms with Crippen LogP contribution < -0.4 is 0 Å². The van der Waals surface area contributed by atoms with Crippen LogP contribution in [0.15, 0.2) is 30.3 Å². The van der Waals surface area contributed by atoms with Gasteiger partial charge in [-0.2, -0.15) is 0 Å². The Labute approximate surface area is 159 Å². The zero-order valence-electron chi connectivity index (χ0n) is 16.2. The van der Waals surface area contributed by atoms with Gasteiger partial charge in [0.1, 0.15) is 5.82 Å². The molecule has 0 spiro atoms. The summed E-state index contributed by atoms with van der Waals surface area (Å²) in [6.07, 6.45) is 0.846. The number of likely N-dealkylation sites (tertiary alicyclic amines) is 1. The van der Waals surface area contributed by atoms with E-state index >= 15 is 0 Å². The normalized spacial score (nSPS) is 17.2. The molecule has 1 fully saturated rings. The lowest BCUT2D eigenvalue weighted by molar-refractivity contribution is -0.138. The Balaban J connectivity index is 1.92. The summed E-state index contributed by atoms with van der Waals surface area (Å²) in [5.41, 5.74) is 1.87. The molecule has 1 aliphatic rings. The van der Waals surface area contributed by atoms with E-state index in [4.69, 9.17) is 0 Å². The van der Waals surface area contributed by atoms with Gasteiger partial charge in [0.05, 0.1) is 11.3 Å². The molecule has 1 atom stereocenters. The summed E-state index contributed by atoms with van der Waals surface area (Å²) in [6, 6.07) is 8.71. The van der Waals surface area contributed by atoms with E-state index in [9.17, 15) is 14.7 Å². The van der Waals surface area contributed by atoms with Crippen molar-refractivity contribution in [3.8, 4) is 11.3 Å². The number of rotatable bonds is 3. The van der Waals surface area contributed by atoms with E-state index in [0.717, 1.165) is 12.1 Å². The van der Waals surface area contributed by atoms with Crippen LogP contribution >= 0.6 is 0 Å². The summed E-state index contributed by atoms with van der Waals surface area (Å²) in [4.78, 5) is 35.0. The van der Waals surface area contributed by atoms with Crippen LogP contribution in [0.4, 0.5) is 0 Å². The van der Waals surface area contributed by atoms with Crippen molar-refractivity contribution in [2.24, 2.45) is 5.41 Å². The highest BCUT2D eigenvalue weighted by Crippen LogP contribution is 2.31. The number of carboxylic acid groups (broad SMARTS) is 1. The molecule has 0 bridgehead atoms. The number of aromatic nitrogens is 2. The molecule has 142 valence electrons. The third-order valence-electron chi connectivity index (χ3n) is 4.83. The average molecular weight is 367 g/mol. The monoisotopic (exact) mass is 367 g/mol. The van der Waals surface area contributed by atoms with Gasteiger partial charge in [0.25, 0.3) is 0 Å². The standard InChI is InChI=1S/C21H25N3O3/c1-13-22-17(14-9-10-24(12-14)20(27)21(2,3)4)11-18(23-13)15-7-5-6-8-16(15)19(25)26/h5-8,11,14H,9-10,12H2,1-4H3,(H,25,26)/t14-/m1/s1. The Morgan fingerprint density at radius 2 is 1.89 bits per heavy atom. The van der Waals surface area contributed by atoms with Gasteiger partial charge in [-0.15, -0.1) is 0 Å². The number of benzene rings is 1. The van der Waals surface area contributed by atoms with E-state index in [2.05, 4.69) is 9.97 Å². The molecule has 0 aliphatic carbocycles. The van der Waals surface area contributed by atoms with Gasteiger partial charge >= 0.3 is 5.97 Å². The van der Waals surface area contributed by atoms with Gasteiger partial charge in [-0.1, -0.05) is 39.0 Å². The number of carboxylic acids is 1. The Bertz CT molecular complexity index is 886. The van der Waals surface area contributed by atoms with E-state index in [0.29, 0.717) is 30.2 Å². The van der Waals surface area contributed by atoms with Crippen molar-refractivity contribution in [2.45, 2.75) is 40.0 Å². The van der Waals surface area contributed by atoms with Crippen LogP contribution in [0.25, 0.3) is 11.3 Å². The number of aryl methyl sites for hydroxylation is 1. The van der Waals surface area contributed by atoms with Crippen molar-refractivity contribution in [1.29, 1.82) is 0 Å². The molecule has 0 radical (unpaired) electrons. The first-order valence-corrected chi connectivity index (χ1v) is 9.14. The van der Waals surface area contributed by atoms with Crippen LogP contribution in [0.5, 0.6) is 0 Å². The summed E-state index contributed by atoms with van der Waals surface area (Å²) in [7, 11) is 0. The number of carbonyl (C=O) groups excluding carboxylic acids is 1. The lowest BCUT2D eigenvalue weighted by Crippen LogP contribution is -2.37. The summed E-state index contributed by atoms with van der Waals surface area (Å²) < 4.78 is 0. The quantitative estimate of drug-likeness (QED) is 0.897. The summed E-state index contributed by atoms with van der Waals surface area (Å²) in [5.74, 6) is -0.101. The molecule has 2 heterocycles. The number of hydrogen-bond donors (Lipinski definition) is 1. The number of aromatic carboxylic acids is 1. The van der Waals surface area contributed by atoms with Gasteiger partial charge in [0.2, 0.25) is 5.91 Å². The molecule has 0 unspecified atom stereocenters. The number of carbonyl (C=O) groups is 2. The molecule has 1 amide bonds. The first-order chi connectivity index (χ1) is 12.7. The maximum Gasteiger partial charge on any atom is 0.336 e. The van der Waals surface area contributed by atoms with E-state index in [1.54, 1.807) is 24.3 Å². The third kappa shape index (κ3) is 3.99. The zero-order valence-corrected chi connectivity index (χ0v) is 16.2. The van der Waals surface area contributed by atoms with Crippen molar-refractivity contribution in [3.05, 3.63) is 47.4 Å². The number of amides is 1. The van der Waals surface area contributed by atoms with Crippen molar-refractivity contribution < 1.29 is 14.7 Å². The van der Waals surface area contributed by atoms with Crippen LogP contribution in [-0.4, -0.2) is 44.9 Å². The Morgan fingerprint density at radius 1 is 1.19 bits per heavy atom. The highest BCUT2D eigenvalue weighted by Gasteiger charge is 2.34. The maximum atomic E-state index is 12.5. The second-order valence-corrected chi connectivity index (χ2v) is 8.06. The molecule has 1 aliphatic heterocycles. The molecule has 3 rings (SSSR count). The second kappa shape index (κ2) is 7.10. The average Bonchev–Trinajstić information content (AvgIpc) is 3.09. The molecular weight excluding hydrogens is 342 g/mol. The Morgan fingerprint density at radius 3 is 2.56 bits per heavy atom. The minimum atomic E-state index is -0.980. The van der Waals surface area contributed by atoms with E-state index in [1.165, 1.54) is 0 Å². The van der Waals surface area contributed by atoms with Gasteiger partial charge < -0.3 is 10.0 Å². The Kier molecular flexibility index (Phi) is 5.00. The van der Waals surface area contributed by atoms with Gasteiger partial charge in [0.15, 0.2) is 0 Å². The fraction of sp³-hybridized carbons (Fsp3) is 0.429. The van der Waals surface area contributed by atoms with E-state index in [1.807, 2.05) is 38.7 Å². The summed E-state index contributed by atoms with van der Waals surface area (Å²) >= 11 is 0. The molecular formula is C21H25N3O3. The van der Waals surface area contributed by atoms with Crippen LogP contribution in [-0.2, 0) is 4.79 Å². The van der Waals surface area contributed by atoms with Crippen molar-refractivity contribution in [3.63, 3.8) is 0 Å². The van der Waals surface area contributed by atoms with Gasteiger partial charge in [-0.05, 0) is 25.5 Å². The lowest BCUT2D eigenvalue weighted by Gasteiger charge is -2.25. The molecule has 1 aromatic carbocycles. The summed E-state index contributed by atoms with van der Waals surface area (Å²) in [5, 5.41) is 9.46. The predicted molar refractivity (Wildman–Crippen MR) is 103 cm³/mol. The molecule has 27 heavy (non-hydrogen) atoms. The van der Waals surface area contributed by atoms with Crippen LogP contribution in [0.1, 0.15) is 55.0 Å². The minimum Gasteiger partial charge on any atom is -0.478 e. The third-order valence-corrected chi connectivity index (χ3v) is 4.83. The fourth-order valence-corrected chi connectivity index (χ4v) is 3.49. The predicted octanol–water partition coefficient (Wildman–Crippen LogP) is 3.51. The molecule has 1 saturated heterocycles. The minimum absolute atomic E-state index is 0.133. The fourth-order valence-electron chi connectivity index (χ4n) is 3.49. The number of hydrogen-bond acceptors (Lipinski definition) is 4. The van der Waals surface area contributed by atoms with Crippen LogP contribution in [0, 0.1) is 12.3 Å². The van der Waals surface area contributed by atoms with E-state index in [-0.39, 0.29) is 17.4 Å². The molecule has 0 saturated carbocycles. The molecule has 6 nitrogen and oxygen atoms in total. The second-order valence-electron chi connectivity index (χ2n) is 8.06. The molecule has 1 aromatic heterocycles. The van der Waals surface area contributed by atoms with Crippen LogP contribution in [0.3, 0.4) is 0 Å².